The Kier molecular flexibility index (Phi) is 4.55. The fraction of sp³-hybridized carbons (Fsp3) is 0.476. The molecule has 152 valence electrons. The van der Waals surface area contributed by atoms with Gasteiger partial charge in [0.15, 0.2) is 5.82 Å². The van der Waals surface area contributed by atoms with Crippen molar-refractivity contribution in [3.05, 3.63) is 40.5 Å². The number of fused-ring (bicyclic) bond motifs is 2. The molecule has 1 spiro atoms. The molecule has 8 heteroatoms. The Morgan fingerprint density at radius 2 is 2.03 bits per heavy atom. The highest BCUT2D eigenvalue weighted by atomic mass is 32.1. The third kappa shape index (κ3) is 3.30. The second-order valence-electron chi connectivity index (χ2n) is 8.06. The summed E-state index contributed by atoms with van der Waals surface area (Å²) < 4.78 is 11.9. The summed E-state index contributed by atoms with van der Waals surface area (Å²) in [7, 11) is 0. The highest BCUT2D eigenvalue weighted by molar-refractivity contribution is 7.15. The molecule has 29 heavy (non-hydrogen) atoms. The van der Waals surface area contributed by atoms with Crippen LogP contribution < -0.4 is 10.6 Å². The van der Waals surface area contributed by atoms with Gasteiger partial charge in [-0.25, -0.2) is 4.98 Å². The molecule has 1 fully saturated rings. The van der Waals surface area contributed by atoms with E-state index in [9.17, 15) is 0 Å². The number of nitrogens with zero attached hydrogens (tertiary/aromatic N) is 4. The first kappa shape index (κ1) is 18.6. The van der Waals surface area contributed by atoms with E-state index in [4.69, 9.17) is 15.0 Å². The molecule has 0 saturated carbocycles. The zero-order valence-electron chi connectivity index (χ0n) is 16.7. The number of thiophene rings is 1. The lowest BCUT2D eigenvalue weighted by atomic mass is 9.82. The molecule has 7 nitrogen and oxygen atoms in total. The van der Waals surface area contributed by atoms with E-state index in [0.717, 1.165) is 55.4 Å². The van der Waals surface area contributed by atoms with Crippen LogP contribution in [-0.4, -0.2) is 34.8 Å². The van der Waals surface area contributed by atoms with Crippen molar-refractivity contribution >= 4 is 23.2 Å². The van der Waals surface area contributed by atoms with Gasteiger partial charge in [0.1, 0.15) is 5.82 Å². The Hall–Kier alpha value is -2.45. The van der Waals surface area contributed by atoms with Crippen molar-refractivity contribution < 1.29 is 9.26 Å². The van der Waals surface area contributed by atoms with E-state index in [-0.39, 0.29) is 11.5 Å². The predicted molar refractivity (Wildman–Crippen MR) is 113 cm³/mol. The molecular weight excluding hydrogens is 386 g/mol. The molecule has 1 saturated heterocycles. The van der Waals surface area contributed by atoms with Gasteiger partial charge in [0.2, 0.25) is 0 Å². The van der Waals surface area contributed by atoms with Gasteiger partial charge in [0, 0.05) is 30.3 Å². The lowest BCUT2D eigenvalue weighted by Gasteiger charge is -2.43. The molecule has 2 N–H and O–H groups in total. The van der Waals surface area contributed by atoms with Gasteiger partial charge in [-0.2, -0.15) is 4.98 Å². The van der Waals surface area contributed by atoms with Gasteiger partial charge in [-0.1, -0.05) is 25.1 Å². The van der Waals surface area contributed by atoms with Crippen molar-refractivity contribution in [1.29, 1.82) is 0 Å². The van der Waals surface area contributed by atoms with E-state index in [1.807, 2.05) is 29.5 Å². The second kappa shape index (κ2) is 7.11. The Bertz CT molecular complexity index is 1020. The minimum absolute atomic E-state index is 0.236. The zero-order chi connectivity index (χ0) is 20.0. The molecule has 3 aromatic rings. The standard InChI is InChI=1S/C21H25N5O2S/c1-13(2)19-24-20(28-25-19)26-9-7-21(8-10-26)14-12-17(29-16(14)6-11-27-21)15-4-3-5-18(22)23-15/h3-5,12-13H,6-11H2,1-2H3,(H2,22,23). The van der Waals surface area contributed by atoms with E-state index >= 15 is 0 Å². The summed E-state index contributed by atoms with van der Waals surface area (Å²) >= 11 is 1.82. The minimum atomic E-state index is -0.236. The maximum absolute atomic E-state index is 6.40. The number of aromatic nitrogens is 3. The maximum atomic E-state index is 6.40. The van der Waals surface area contributed by atoms with Crippen LogP contribution in [0.15, 0.2) is 28.8 Å². The summed E-state index contributed by atoms with van der Waals surface area (Å²) in [5.74, 6) is 1.57. The van der Waals surface area contributed by atoms with Crippen molar-refractivity contribution in [2.24, 2.45) is 0 Å². The first-order valence-corrected chi connectivity index (χ1v) is 10.9. The lowest BCUT2D eigenvalue weighted by molar-refractivity contribution is -0.0760. The van der Waals surface area contributed by atoms with Crippen molar-refractivity contribution in [3.8, 4) is 10.6 Å². The van der Waals surface area contributed by atoms with Crippen LogP contribution >= 0.6 is 11.3 Å². The van der Waals surface area contributed by atoms with Crippen molar-refractivity contribution in [1.82, 2.24) is 15.1 Å². The molecule has 5 rings (SSSR count). The predicted octanol–water partition coefficient (Wildman–Crippen LogP) is 3.97. The molecule has 2 aliphatic rings. The lowest BCUT2D eigenvalue weighted by Crippen LogP contribution is -2.46. The number of nitrogen functional groups attached to an aromatic ring is 1. The quantitative estimate of drug-likeness (QED) is 0.697. The summed E-state index contributed by atoms with van der Waals surface area (Å²) in [6.07, 6.45) is 2.76. The molecule has 0 atom stereocenters. The molecule has 0 aliphatic carbocycles. The van der Waals surface area contributed by atoms with Gasteiger partial charge >= 0.3 is 6.01 Å². The Morgan fingerprint density at radius 1 is 1.21 bits per heavy atom. The Balaban J connectivity index is 1.39. The molecule has 0 aromatic carbocycles. The Morgan fingerprint density at radius 3 is 2.76 bits per heavy atom. The SMILES string of the molecule is CC(C)c1noc(N2CCC3(CC2)OCCc2sc(-c4cccc(N)n4)cc23)n1. The van der Waals surface area contributed by atoms with Crippen LogP contribution in [0.4, 0.5) is 11.8 Å². The average Bonchev–Trinajstić information content (AvgIpc) is 3.37. The number of anilines is 2. The van der Waals surface area contributed by atoms with Gasteiger partial charge < -0.3 is 19.9 Å². The monoisotopic (exact) mass is 411 g/mol. The van der Waals surface area contributed by atoms with Crippen LogP contribution in [0.3, 0.4) is 0 Å². The molecule has 3 aromatic heterocycles. The van der Waals surface area contributed by atoms with Crippen LogP contribution in [0.2, 0.25) is 0 Å². The van der Waals surface area contributed by atoms with Gasteiger partial charge in [0.25, 0.3) is 0 Å². The molecular formula is C21H25N5O2S. The molecule has 0 bridgehead atoms. The van der Waals surface area contributed by atoms with Gasteiger partial charge in [-0.3, -0.25) is 0 Å². The zero-order valence-corrected chi connectivity index (χ0v) is 17.5. The molecule has 2 aliphatic heterocycles. The smallest absolute Gasteiger partial charge is 0.324 e. The number of rotatable bonds is 3. The third-order valence-electron chi connectivity index (χ3n) is 5.82. The number of ether oxygens (including phenoxy) is 1. The summed E-state index contributed by atoms with van der Waals surface area (Å²) in [6.45, 7) is 6.57. The number of pyridine rings is 1. The molecule has 0 radical (unpaired) electrons. The highest BCUT2D eigenvalue weighted by Crippen LogP contribution is 2.46. The summed E-state index contributed by atoms with van der Waals surface area (Å²) in [5, 5.41) is 4.10. The minimum Gasteiger partial charge on any atom is -0.384 e. The number of nitrogens with two attached hydrogens (primary N) is 1. The summed E-state index contributed by atoms with van der Waals surface area (Å²) in [6, 6.07) is 8.68. The topological polar surface area (TPSA) is 90.3 Å². The largest absolute Gasteiger partial charge is 0.384 e. The first-order chi connectivity index (χ1) is 14.0. The van der Waals surface area contributed by atoms with Gasteiger partial charge in [-0.15, -0.1) is 11.3 Å². The summed E-state index contributed by atoms with van der Waals surface area (Å²) in [4.78, 5) is 13.8. The molecule has 0 amide bonds. The van der Waals surface area contributed by atoms with Gasteiger partial charge in [-0.05, 0) is 36.6 Å². The second-order valence-corrected chi connectivity index (χ2v) is 9.20. The van der Waals surface area contributed by atoms with Crippen molar-refractivity contribution in [3.63, 3.8) is 0 Å². The third-order valence-corrected chi connectivity index (χ3v) is 7.04. The summed E-state index contributed by atoms with van der Waals surface area (Å²) in [5.41, 5.74) is 7.91. The van der Waals surface area contributed by atoms with Crippen molar-refractivity contribution in [2.45, 2.75) is 44.6 Å². The normalized spacial score (nSPS) is 18.4. The van der Waals surface area contributed by atoms with Crippen LogP contribution in [0.5, 0.6) is 0 Å². The average molecular weight is 412 g/mol. The van der Waals surface area contributed by atoms with Crippen molar-refractivity contribution in [2.75, 3.05) is 30.3 Å². The van der Waals surface area contributed by atoms with Crippen LogP contribution in [0, 0.1) is 0 Å². The molecule has 0 unspecified atom stereocenters. The van der Waals surface area contributed by atoms with Crippen LogP contribution in [0.25, 0.3) is 10.6 Å². The van der Waals surface area contributed by atoms with E-state index < -0.39 is 0 Å². The number of piperidine rings is 1. The first-order valence-electron chi connectivity index (χ1n) is 10.1. The van der Waals surface area contributed by atoms with Gasteiger partial charge in [0.05, 0.1) is 22.8 Å². The Labute approximate surface area is 173 Å². The highest BCUT2D eigenvalue weighted by Gasteiger charge is 2.43. The van der Waals surface area contributed by atoms with E-state index in [1.165, 1.54) is 10.4 Å². The number of hydrogen-bond acceptors (Lipinski definition) is 8. The number of hydrogen-bond donors (Lipinski definition) is 1. The van der Waals surface area contributed by atoms with E-state index in [1.54, 1.807) is 0 Å². The fourth-order valence-corrected chi connectivity index (χ4v) is 5.39. The van der Waals surface area contributed by atoms with E-state index in [2.05, 4.69) is 39.9 Å². The fourth-order valence-electron chi connectivity index (χ4n) is 4.19. The van der Waals surface area contributed by atoms with Crippen LogP contribution in [-0.2, 0) is 16.8 Å². The molecule has 5 heterocycles. The maximum Gasteiger partial charge on any atom is 0.324 e. The van der Waals surface area contributed by atoms with E-state index in [0.29, 0.717) is 11.8 Å². The van der Waals surface area contributed by atoms with Crippen LogP contribution in [0.1, 0.15) is 48.9 Å².